The largest absolute Gasteiger partial charge is 0.481 e. The monoisotopic (exact) mass is 308 g/mol. The second-order valence-corrected chi connectivity index (χ2v) is 4.21. The van der Waals surface area contributed by atoms with E-state index < -0.39 is 10.8 Å². The van der Waals surface area contributed by atoms with Crippen LogP contribution >= 0.6 is 11.6 Å². The van der Waals surface area contributed by atoms with Crippen LogP contribution in [0.1, 0.15) is 10.4 Å². The van der Waals surface area contributed by atoms with Crippen LogP contribution < -0.4 is 10.1 Å². The summed E-state index contributed by atoms with van der Waals surface area (Å²) in [5.74, 6) is -0.469. The number of hydrogen-bond donors (Lipinski definition) is 1. The number of nitrogens with one attached hydrogen (secondary N) is 1. The second kappa shape index (κ2) is 6.14. The van der Waals surface area contributed by atoms with Crippen molar-refractivity contribution in [1.29, 1.82) is 0 Å². The molecule has 0 unspecified atom stereocenters. The number of anilines is 1. The second-order valence-electron chi connectivity index (χ2n) is 3.82. The van der Waals surface area contributed by atoms with Gasteiger partial charge < -0.3 is 4.74 Å². The molecule has 1 aromatic heterocycles. The number of nitro groups is 1. The van der Waals surface area contributed by atoms with Gasteiger partial charge in [-0.2, -0.15) is 4.98 Å². The Kier molecular flexibility index (Phi) is 4.29. The first kappa shape index (κ1) is 14.7. The van der Waals surface area contributed by atoms with Gasteiger partial charge in [0.05, 0.1) is 12.0 Å². The molecule has 0 radical (unpaired) electrons. The number of carbonyl (C=O) groups is 1. The number of aromatic nitrogens is 2. The van der Waals surface area contributed by atoms with Crippen molar-refractivity contribution in [2.45, 2.75) is 0 Å². The summed E-state index contributed by atoms with van der Waals surface area (Å²) in [6.07, 6.45) is 0. The van der Waals surface area contributed by atoms with Crippen LogP contribution in [0.5, 0.6) is 5.88 Å². The predicted octanol–water partition coefficient (Wildman–Crippen LogP) is 2.30. The topological polar surface area (TPSA) is 107 Å². The van der Waals surface area contributed by atoms with Gasteiger partial charge in [-0.3, -0.25) is 20.2 Å². The SMILES string of the molecule is COc1cc(Cl)nc(NC(=O)c2cccc([N+](=O)[O-])c2)n1. The summed E-state index contributed by atoms with van der Waals surface area (Å²) in [4.78, 5) is 29.8. The zero-order chi connectivity index (χ0) is 15.4. The standard InChI is InChI=1S/C12H9ClN4O4/c1-21-10-6-9(13)14-12(15-10)16-11(18)7-3-2-4-8(5-7)17(19)20/h2-6H,1H3,(H,14,15,16,18). The van der Waals surface area contributed by atoms with Crippen molar-refractivity contribution >= 4 is 29.1 Å². The summed E-state index contributed by atoms with van der Waals surface area (Å²) in [6.45, 7) is 0. The Labute approximate surface area is 123 Å². The Morgan fingerprint density at radius 3 is 2.81 bits per heavy atom. The summed E-state index contributed by atoms with van der Waals surface area (Å²) in [7, 11) is 1.39. The zero-order valence-corrected chi connectivity index (χ0v) is 11.5. The highest BCUT2D eigenvalue weighted by Crippen LogP contribution is 2.17. The third-order valence-corrected chi connectivity index (χ3v) is 2.62. The number of benzene rings is 1. The number of ether oxygens (including phenoxy) is 1. The van der Waals surface area contributed by atoms with Crippen molar-refractivity contribution in [2.24, 2.45) is 0 Å². The highest BCUT2D eigenvalue weighted by atomic mass is 35.5. The molecule has 0 saturated carbocycles. The molecule has 8 nitrogen and oxygen atoms in total. The average molecular weight is 309 g/mol. The van der Waals surface area contributed by atoms with Crippen molar-refractivity contribution in [1.82, 2.24) is 9.97 Å². The Morgan fingerprint density at radius 1 is 1.38 bits per heavy atom. The number of amides is 1. The molecule has 0 aliphatic carbocycles. The summed E-state index contributed by atoms with van der Waals surface area (Å²) in [5.41, 5.74) is -0.0843. The molecule has 0 fully saturated rings. The maximum atomic E-state index is 12.0. The maximum Gasteiger partial charge on any atom is 0.270 e. The van der Waals surface area contributed by atoms with E-state index in [1.807, 2.05) is 0 Å². The molecule has 0 spiro atoms. The van der Waals surface area contributed by atoms with Crippen LogP contribution in [0.2, 0.25) is 5.15 Å². The van der Waals surface area contributed by atoms with Crippen molar-refractivity contribution in [2.75, 3.05) is 12.4 Å². The van der Waals surface area contributed by atoms with Gasteiger partial charge in [-0.15, -0.1) is 0 Å². The number of carbonyl (C=O) groups excluding carboxylic acids is 1. The van der Waals surface area contributed by atoms with E-state index in [-0.39, 0.29) is 28.2 Å². The van der Waals surface area contributed by atoms with Gasteiger partial charge in [-0.05, 0) is 6.07 Å². The molecule has 0 bridgehead atoms. The van der Waals surface area contributed by atoms with E-state index >= 15 is 0 Å². The number of rotatable bonds is 4. The van der Waals surface area contributed by atoms with Crippen molar-refractivity contribution < 1.29 is 14.5 Å². The number of nitro benzene ring substituents is 1. The van der Waals surface area contributed by atoms with E-state index in [2.05, 4.69) is 15.3 Å². The normalized spacial score (nSPS) is 10.0. The zero-order valence-electron chi connectivity index (χ0n) is 10.7. The van der Waals surface area contributed by atoms with Crippen molar-refractivity contribution in [3.05, 3.63) is 51.2 Å². The summed E-state index contributed by atoms with van der Waals surface area (Å²) >= 11 is 5.75. The molecule has 1 amide bonds. The fourth-order valence-electron chi connectivity index (χ4n) is 1.49. The molecule has 1 heterocycles. The fourth-order valence-corrected chi connectivity index (χ4v) is 1.67. The molecule has 9 heteroatoms. The number of halogens is 1. The van der Waals surface area contributed by atoms with Gasteiger partial charge in [-0.25, -0.2) is 4.98 Å². The van der Waals surface area contributed by atoms with E-state index in [1.165, 1.54) is 31.4 Å². The van der Waals surface area contributed by atoms with Gasteiger partial charge in [0.15, 0.2) is 0 Å². The van der Waals surface area contributed by atoms with Crippen LogP contribution in [0.25, 0.3) is 0 Å². The Balaban J connectivity index is 2.23. The number of methoxy groups -OCH3 is 1. The van der Waals surface area contributed by atoms with Gasteiger partial charge in [0.1, 0.15) is 5.15 Å². The molecule has 1 aromatic carbocycles. The van der Waals surface area contributed by atoms with E-state index in [0.717, 1.165) is 6.07 Å². The van der Waals surface area contributed by atoms with Crippen LogP contribution in [0.15, 0.2) is 30.3 Å². The highest BCUT2D eigenvalue weighted by molar-refractivity contribution is 6.29. The number of non-ortho nitro benzene ring substituents is 1. The van der Waals surface area contributed by atoms with Gasteiger partial charge in [0.2, 0.25) is 11.8 Å². The lowest BCUT2D eigenvalue weighted by Gasteiger charge is -2.05. The van der Waals surface area contributed by atoms with Crippen LogP contribution in [0.4, 0.5) is 11.6 Å². The van der Waals surface area contributed by atoms with Crippen LogP contribution in [-0.2, 0) is 0 Å². The molecule has 108 valence electrons. The molecule has 1 N–H and O–H groups in total. The van der Waals surface area contributed by atoms with E-state index in [4.69, 9.17) is 16.3 Å². The van der Waals surface area contributed by atoms with Gasteiger partial charge in [0.25, 0.3) is 11.6 Å². The van der Waals surface area contributed by atoms with Crippen LogP contribution in [0, 0.1) is 10.1 Å². The molecule has 2 rings (SSSR count). The van der Waals surface area contributed by atoms with Gasteiger partial charge in [-0.1, -0.05) is 17.7 Å². The van der Waals surface area contributed by atoms with Gasteiger partial charge >= 0.3 is 0 Å². The summed E-state index contributed by atoms with van der Waals surface area (Å²) < 4.78 is 4.90. The number of nitrogens with zero attached hydrogens (tertiary/aromatic N) is 3. The first-order valence-corrected chi connectivity index (χ1v) is 6.02. The summed E-state index contributed by atoms with van der Waals surface area (Å²) in [5, 5.41) is 13.2. The molecular weight excluding hydrogens is 300 g/mol. The minimum absolute atomic E-state index is 0.0594. The van der Waals surface area contributed by atoms with E-state index in [9.17, 15) is 14.9 Å². The number of hydrogen-bond acceptors (Lipinski definition) is 6. The Morgan fingerprint density at radius 2 is 2.14 bits per heavy atom. The Hall–Kier alpha value is -2.74. The Bertz CT molecular complexity index is 707. The molecule has 0 saturated heterocycles. The first-order valence-electron chi connectivity index (χ1n) is 5.64. The molecule has 0 aliphatic heterocycles. The van der Waals surface area contributed by atoms with Gasteiger partial charge in [0, 0.05) is 23.8 Å². The van der Waals surface area contributed by atoms with E-state index in [1.54, 1.807) is 0 Å². The third kappa shape index (κ3) is 3.63. The molecule has 21 heavy (non-hydrogen) atoms. The fraction of sp³-hybridized carbons (Fsp3) is 0.0833. The quantitative estimate of drug-likeness (QED) is 0.527. The minimum atomic E-state index is -0.594. The van der Waals surface area contributed by atoms with E-state index in [0.29, 0.717) is 0 Å². The average Bonchev–Trinajstić information content (AvgIpc) is 2.46. The lowest BCUT2D eigenvalue weighted by molar-refractivity contribution is -0.384. The third-order valence-electron chi connectivity index (χ3n) is 2.43. The predicted molar refractivity (Wildman–Crippen MR) is 74.6 cm³/mol. The molecule has 0 atom stereocenters. The highest BCUT2D eigenvalue weighted by Gasteiger charge is 2.13. The lowest BCUT2D eigenvalue weighted by Crippen LogP contribution is -2.14. The lowest BCUT2D eigenvalue weighted by atomic mass is 10.2. The summed E-state index contributed by atoms with van der Waals surface area (Å²) in [6, 6.07) is 6.66. The van der Waals surface area contributed by atoms with Crippen molar-refractivity contribution in [3.8, 4) is 5.88 Å². The van der Waals surface area contributed by atoms with Crippen LogP contribution in [0.3, 0.4) is 0 Å². The molecular formula is C12H9ClN4O4. The smallest absolute Gasteiger partial charge is 0.270 e. The maximum absolute atomic E-state index is 12.0. The minimum Gasteiger partial charge on any atom is -0.481 e. The molecule has 2 aromatic rings. The first-order chi connectivity index (χ1) is 9.99. The van der Waals surface area contributed by atoms with Crippen LogP contribution in [-0.4, -0.2) is 27.9 Å². The van der Waals surface area contributed by atoms with Crippen molar-refractivity contribution in [3.63, 3.8) is 0 Å². The molecule has 0 aliphatic rings.